The Labute approximate surface area is 59.8 Å². The van der Waals surface area contributed by atoms with Crippen LogP contribution in [0.2, 0.25) is 0 Å². The summed E-state index contributed by atoms with van der Waals surface area (Å²) in [5, 5.41) is 0. The molecule has 0 unspecified atom stereocenters. The first kappa shape index (κ1) is 8.81. The van der Waals surface area contributed by atoms with Gasteiger partial charge < -0.3 is 16.2 Å². The predicted molar refractivity (Wildman–Crippen MR) is 37.7 cm³/mol. The van der Waals surface area contributed by atoms with Gasteiger partial charge in [0, 0.05) is 0 Å². The van der Waals surface area contributed by atoms with Gasteiger partial charge in [0.15, 0.2) is 0 Å². The van der Waals surface area contributed by atoms with Crippen molar-refractivity contribution in [3.63, 3.8) is 0 Å². The molecule has 4 nitrogen and oxygen atoms in total. The second kappa shape index (κ2) is 3.76. The summed E-state index contributed by atoms with van der Waals surface area (Å²) >= 11 is 0. The van der Waals surface area contributed by atoms with Crippen molar-refractivity contribution in [2.24, 2.45) is 11.5 Å². The molecule has 10 heavy (non-hydrogen) atoms. The van der Waals surface area contributed by atoms with Crippen LogP contribution >= 0.6 is 0 Å². The van der Waals surface area contributed by atoms with Crippen LogP contribution in [-0.4, -0.2) is 12.1 Å². The van der Waals surface area contributed by atoms with Crippen LogP contribution in [0.4, 0.5) is 0 Å². The fourth-order valence-electron chi connectivity index (χ4n) is 0.402. The third kappa shape index (κ3) is 4.96. The predicted octanol–water partition coefficient (Wildman–Crippen LogP) is -0.303. The Kier molecular flexibility index (Phi) is 3.32. The normalized spacial score (nSPS) is 9.10. The molecular formula is C6H12N2O2. The van der Waals surface area contributed by atoms with Gasteiger partial charge in [-0.25, -0.2) is 4.79 Å². The minimum Gasteiger partial charge on any atom is -0.460 e. The van der Waals surface area contributed by atoms with Crippen LogP contribution in [0.15, 0.2) is 11.9 Å². The second-order valence-corrected chi connectivity index (χ2v) is 2.13. The molecule has 0 aromatic carbocycles. The minimum absolute atomic E-state index is 0.0364. The van der Waals surface area contributed by atoms with E-state index in [0.717, 1.165) is 6.08 Å². The topological polar surface area (TPSA) is 78.3 Å². The zero-order valence-electron chi connectivity index (χ0n) is 6.13. The van der Waals surface area contributed by atoms with E-state index in [2.05, 4.69) is 4.74 Å². The van der Waals surface area contributed by atoms with Crippen LogP contribution in [0.1, 0.15) is 13.8 Å². The molecule has 4 heteroatoms. The summed E-state index contributed by atoms with van der Waals surface area (Å²) in [6.45, 7) is 3.50. The van der Waals surface area contributed by atoms with Crippen molar-refractivity contribution < 1.29 is 9.53 Å². The molecule has 0 rings (SSSR count). The lowest BCUT2D eigenvalue weighted by atomic mass is 10.5. The van der Waals surface area contributed by atoms with E-state index >= 15 is 0 Å². The molecule has 0 aliphatic rings. The van der Waals surface area contributed by atoms with Gasteiger partial charge in [-0.2, -0.15) is 0 Å². The highest BCUT2D eigenvalue weighted by molar-refractivity contribution is 5.82. The van der Waals surface area contributed by atoms with Gasteiger partial charge >= 0.3 is 5.97 Å². The summed E-state index contributed by atoms with van der Waals surface area (Å²) in [7, 11) is 0. The molecular weight excluding hydrogens is 132 g/mol. The van der Waals surface area contributed by atoms with Crippen LogP contribution in [0.3, 0.4) is 0 Å². The Morgan fingerprint density at radius 3 is 2.30 bits per heavy atom. The van der Waals surface area contributed by atoms with E-state index in [1.807, 2.05) is 0 Å². The van der Waals surface area contributed by atoms with E-state index in [9.17, 15) is 4.79 Å². The number of hydrogen-bond acceptors (Lipinski definition) is 4. The SMILES string of the molecule is CC(C)OC(=O)C=C(N)N. The maximum Gasteiger partial charge on any atom is 0.334 e. The van der Waals surface area contributed by atoms with E-state index in [1.54, 1.807) is 13.8 Å². The maximum absolute atomic E-state index is 10.6. The Balaban J connectivity index is 3.76. The lowest BCUT2D eigenvalue weighted by Crippen LogP contribution is -2.14. The van der Waals surface area contributed by atoms with E-state index in [-0.39, 0.29) is 11.9 Å². The van der Waals surface area contributed by atoms with Gasteiger partial charge in [0.1, 0.15) is 5.82 Å². The molecule has 0 aliphatic heterocycles. The molecule has 0 saturated heterocycles. The van der Waals surface area contributed by atoms with Crippen molar-refractivity contribution in [1.82, 2.24) is 0 Å². The first-order valence-electron chi connectivity index (χ1n) is 2.95. The summed E-state index contributed by atoms with van der Waals surface area (Å²) in [4.78, 5) is 10.6. The summed E-state index contributed by atoms with van der Waals surface area (Å²) in [5.74, 6) is -0.541. The molecule has 0 bridgehead atoms. The largest absolute Gasteiger partial charge is 0.460 e. The highest BCUT2D eigenvalue weighted by Gasteiger charge is 2.00. The summed E-state index contributed by atoms with van der Waals surface area (Å²) < 4.78 is 4.69. The number of rotatable bonds is 2. The maximum atomic E-state index is 10.6. The molecule has 4 N–H and O–H groups in total. The van der Waals surface area contributed by atoms with Crippen molar-refractivity contribution in [2.45, 2.75) is 20.0 Å². The monoisotopic (exact) mass is 144 g/mol. The average Bonchev–Trinajstić information content (AvgIpc) is 1.58. The number of ether oxygens (including phenoxy) is 1. The van der Waals surface area contributed by atoms with Crippen molar-refractivity contribution >= 4 is 5.97 Å². The lowest BCUT2D eigenvalue weighted by Gasteiger charge is -2.03. The van der Waals surface area contributed by atoms with Gasteiger partial charge in [-0.3, -0.25) is 0 Å². The number of nitrogens with two attached hydrogens (primary N) is 2. The van der Waals surface area contributed by atoms with Crippen LogP contribution in [-0.2, 0) is 9.53 Å². The minimum atomic E-state index is -0.505. The van der Waals surface area contributed by atoms with Gasteiger partial charge in [-0.05, 0) is 13.8 Å². The first-order chi connectivity index (χ1) is 4.52. The fraction of sp³-hybridized carbons (Fsp3) is 0.500. The van der Waals surface area contributed by atoms with E-state index in [4.69, 9.17) is 11.5 Å². The van der Waals surface area contributed by atoms with E-state index in [0.29, 0.717) is 0 Å². The molecule has 0 aliphatic carbocycles. The molecule has 0 aromatic heterocycles. The molecule has 0 saturated carbocycles. The van der Waals surface area contributed by atoms with Crippen LogP contribution in [0.5, 0.6) is 0 Å². The Morgan fingerprint density at radius 1 is 1.50 bits per heavy atom. The third-order valence-electron chi connectivity index (χ3n) is 0.636. The zero-order chi connectivity index (χ0) is 8.15. The Hall–Kier alpha value is -1.19. The van der Waals surface area contributed by atoms with Gasteiger partial charge in [-0.15, -0.1) is 0 Å². The number of esters is 1. The highest BCUT2D eigenvalue weighted by atomic mass is 16.5. The first-order valence-corrected chi connectivity index (χ1v) is 2.95. The number of carbonyl (C=O) groups excluding carboxylic acids is 1. The summed E-state index contributed by atoms with van der Waals surface area (Å²) in [5.41, 5.74) is 10.0. The fourth-order valence-corrected chi connectivity index (χ4v) is 0.402. The number of hydrogen-bond donors (Lipinski definition) is 2. The zero-order valence-corrected chi connectivity index (χ0v) is 6.13. The quantitative estimate of drug-likeness (QED) is 0.412. The molecule has 0 heterocycles. The van der Waals surface area contributed by atoms with Crippen LogP contribution in [0.25, 0.3) is 0 Å². The van der Waals surface area contributed by atoms with Gasteiger partial charge in [0.2, 0.25) is 0 Å². The lowest BCUT2D eigenvalue weighted by molar-refractivity contribution is -0.141. The van der Waals surface area contributed by atoms with Crippen LogP contribution < -0.4 is 11.5 Å². The average molecular weight is 144 g/mol. The van der Waals surface area contributed by atoms with Gasteiger partial charge in [0.25, 0.3) is 0 Å². The molecule has 0 amide bonds. The highest BCUT2D eigenvalue weighted by Crippen LogP contribution is 1.89. The van der Waals surface area contributed by atoms with Crippen molar-refractivity contribution in [1.29, 1.82) is 0 Å². The van der Waals surface area contributed by atoms with Crippen LogP contribution in [0, 0.1) is 0 Å². The Morgan fingerprint density at radius 2 is 2.00 bits per heavy atom. The molecule has 0 spiro atoms. The molecule has 0 radical (unpaired) electrons. The van der Waals surface area contributed by atoms with Crippen molar-refractivity contribution in [3.8, 4) is 0 Å². The van der Waals surface area contributed by atoms with E-state index < -0.39 is 5.97 Å². The number of carbonyl (C=O) groups is 1. The third-order valence-corrected chi connectivity index (χ3v) is 0.636. The second-order valence-electron chi connectivity index (χ2n) is 2.13. The van der Waals surface area contributed by atoms with Gasteiger partial charge in [-0.1, -0.05) is 0 Å². The summed E-state index contributed by atoms with van der Waals surface area (Å²) in [6, 6.07) is 0. The molecule has 0 fully saturated rings. The summed E-state index contributed by atoms with van der Waals surface area (Å²) in [6.07, 6.45) is 0.906. The smallest absolute Gasteiger partial charge is 0.334 e. The Bertz CT molecular complexity index is 148. The molecule has 0 atom stereocenters. The van der Waals surface area contributed by atoms with Crippen molar-refractivity contribution in [3.05, 3.63) is 11.9 Å². The van der Waals surface area contributed by atoms with Gasteiger partial charge in [0.05, 0.1) is 12.2 Å². The van der Waals surface area contributed by atoms with Crippen molar-refractivity contribution in [2.75, 3.05) is 0 Å². The molecule has 0 aromatic rings. The van der Waals surface area contributed by atoms with E-state index in [1.165, 1.54) is 0 Å². The molecule has 58 valence electrons. The standard InChI is InChI=1S/C6H12N2O2/c1-4(2)10-6(9)3-5(7)8/h3-4H,7-8H2,1-2H3.